The predicted molar refractivity (Wildman–Crippen MR) is 113 cm³/mol. The van der Waals surface area contributed by atoms with Gasteiger partial charge in [-0.3, -0.25) is 9.59 Å². The van der Waals surface area contributed by atoms with Crippen molar-refractivity contribution in [3.05, 3.63) is 87.8 Å². The highest BCUT2D eigenvalue weighted by Crippen LogP contribution is 2.23. The first-order chi connectivity index (χ1) is 15.7. The number of carbonyl (C=O) groups is 2. The largest absolute Gasteiger partial charge is 0.490 e. The van der Waals surface area contributed by atoms with Crippen LogP contribution in [0.3, 0.4) is 0 Å². The molecule has 0 unspecified atom stereocenters. The van der Waals surface area contributed by atoms with E-state index in [0.29, 0.717) is 5.69 Å². The molecule has 0 spiro atoms. The highest BCUT2D eigenvalue weighted by Gasteiger charge is 2.38. The SMILES string of the molecule is O=C(Nc1cccc2c1CNCC2)c1ccc(=O)n(-c2ccccc2)n1.O=C(O)C(F)(F)F. The number of alkyl halides is 3. The van der Waals surface area contributed by atoms with Gasteiger partial charge < -0.3 is 15.7 Å². The molecule has 0 saturated heterocycles. The summed E-state index contributed by atoms with van der Waals surface area (Å²) < 4.78 is 33.0. The van der Waals surface area contributed by atoms with Crippen LogP contribution in [0.25, 0.3) is 5.69 Å². The Morgan fingerprint density at radius 2 is 1.73 bits per heavy atom. The van der Waals surface area contributed by atoms with Crippen LogP contribution in [0.2, 0.25) is 0 Å². The maximum Gasteiger partial charge on any atom is 0.490 e. The van der Waals surface area contributed by atoms with Gasteiger partial charge in [0, 0.05) is 18.3 Å². The van der Waals surface area contributed by atoms with Gasteiger partial charge in [-0.25, -0.2) is 4.79 Å². The molecule has 2 heterocycles. The summed E-state index contributed by atoms with van der Waals surface area (Å²) in [5.74, 6) is -3.10. The molecule has 1 aromatic heterocycles. The van der Waals surface area contributed by atoms with Crippen LogP contribution in [0.4, 0.5) is 18.9 Å². The van der Waals surface area contributed by atoms with Crippen molar-refractivity contribution in [3.8, 4) is 5.69 Å². The van der Waals surface area contributed by atoms with Gasteiger partial charge in [-0.1, -0.05) is 30.3 Å². The van der Waals surface area contributed by atoms with Crippen LogP contribution in [-0.4, -0.2) is 39.5 Å². The highest BCUT2D eigenvalue weighted by atomic mass is 19.4. The molecular weight excluding hydrogens is 441 g/mol. The van der Waals surface area contributed by atoms with Crippen molar-refractivity contribution in [3.63, 3.8) is 0 Å². The second kappa shape index (κ2) is 10.1. The van der Waals surface area contributed by atoms with E-state index in [1.54, 1.807) is 12.1 Å². The number of carboxylic acids is 1. The summed E-state index contributed by atoms with van der Waals surface area (Å²) in [4.78, 5) is 33.7. The zero-order valence-corrected chi connectivity index (χ0v) is 17.1. The summed E-state index contributed by atoms with van der Waals surface area (Å²) in [6.07, 6.45) is -4.14. The van der Waals surface area contributed by atoms with Gasteiger partial charge in [0.15, 0.2) is 0 Å². The molecule has 3 aromatic rings. The van der Waals surface area contributed by atoms with Gasteiger partial charge in [0.25, 0.3) is 11.5 Å². The summed E-state index contributed by atoms with van der Waals surface area (Å²) in [6, 6.07) is 17.8. The summed E-state index contributed by atoms with van der Waals surface area (Å²) in [5, 5.41) is 17.6. The number of hydrogen-bond acceptors (Lipinski definition) is 5. The molecule has 0 saturated carbocycles. The zero-order chi connectivity index (χ0) is 24.0. The van der Waals surface area contributed by atoms with Crippen molar-refractivity contribution in [2.45, 2.75) is 19.1 Å². The number of para-hydroxylation sites is 1. The Hall–Kier alpha value is -3.99. The number of anilines is 1. The van der Waals surface area contributed by atoms with E-state index < -0.39 is 12.1 Å². The fraction of sp³-hybridized carbons (Fsp3) is 0.182. The lowest BCUT2D eigenvalue weighted by atomic mass is 9.99. The quantitative estimate of drug-likeness (QED) is 0.554. The molecule has 33 heavy (non-hydrogen) atoms. The zero-order valence-electron chi connectivity index (χ0n) is 17.1. The molecular formula is C22H19F3N4O4. The molecule has 0 radical (unpaired) electrons. The molecule has 11 heteroatoms. The number of hydrogen-bond donors (Lipinski definition) is 3. The third-order valence-electron chi connectivity index (χ3n) is 4.67. The summed E-state index contributed by atoms with van der Waals surface area (Å²) in [7, 11) is 0. The normalized spacial score (nSPS) is 12.7. The molecule has 4 rings (SSSR count). The van der Waals surface area contributed by atoms with E-state index in [2.05, 4.69) is 21.8 Å². The maximum atomic E-state index is 12.7. The van der Waals surface area contributed by atoms with Crippen molar-refractivity contribution in [1.29, 1.82) is 0 Å². The number of nitrogens with one attached hydrogen (secondary N) is 2. The van der Waals surface area contributed by atoms with E-state index in [9.17, 15) is 22.8 Å². The molecule has 3 N–H and O–H groups in total. The van der Waals surface area contributed by atoms with Crippen LogP contribution >= 0.6 is 0 Å². The number of fused-ring (bicyclic) bond motifs is 1. The first-order valence-corrected chi connectivity index (χ1v) is 9.75. The van der Waals surface area contributed by atoms with Crippen LogP contribution in [0, 0.1) is 0 Å². The summed E-state index contributed by atoms with van der Waals surface area (Å²) in [6.45, 7) is 1.66. The molecule has 1 aliphatic rings. The van der Waals surface area contributed by atoms with Crippen molar-refractivity contribution in [2.75, 3.05) is 11.9 Å². The Balaban J connectivity index is 0.000000383. The van der Waals surface area contributed by atoms with Crippen LogP contribution in [0.1, 0.15) is 21.6 Å². The van der Waals surface area contributed by atoms with Crippen molar-refractivity contribution in [2.24, 2.45) is 0 Å². The van der Waals surface area contributed by atoms with E-state index in [0.717, 1.165) is 30.8 Å². The molecule has 0 aliphatic carbocycles. The maximum absolute atomic E-state index is 12.7. The fourth-order valence-electron chi connectivity index (χ4n) is 3.10. The first-order valence-electron chi connectivity index (χ1n) is 9.75. The molecule has 1 amide bonds. The minimum atomic E-state index is -5.08. The van der Waals surface area contributed by atoms with E-state index in [-0.39, 0.29) is 17.2 Å². The topological polar surface area (TPSA) is 113 Å². The van der Waals surface area contributed by atoms with Gasteiger partial charge in [0.2, 0.25) is 0 Å². The predicted octanol–water partition coefficient (Wildman–Crippen LogP) is 2.76. The minimum Gasteiger partial charge on any atom is -0.475 e. The summed E-state index contributed by atoms with van der Waals surface area (Å²) in [5.41, 5.74) is 3.64. The minimum absolute atomic E-state index is 0.190. The van der Waals surface area contributed by atoms with Gasteiger partial charge in [0.05, 0.1) is 5.69 Å². The summed E-state index contributed by atoms with van der Waals surface area (Å²) >= 11 is 0. The van der Waals surface area contributed by atoms with Gasteiger partial charge >= 0.3 is 12.1 Å². The number of aliphatic carboxylic acids is 1. The lowest BCUT2D eigenvalue weighted by Gasteiger charge is -2.20. The van der Waals surface area contributed by atoms with Crippen molar-refractivity contribution < 1.29 is 27.9 Å². The molecule has 0 bridgehead atoms. The van der Waals surface area contributed by atoms with Crippen LogP contribution in [0.15, 0.2) is 65.5 Å². The lowest BCUT2D eigenvalue weighted by Crippen LogP contribution is -2.27. The molecule has 8 nitrogen and oxygen atoms in total. The number of halogens is 3. The Kier molecular flexibility index (Phi) is 7.23. The van der Waals surface area contributed by atoms with E-state index in [1.165, 1.54) is 22.4 Å². The molecule has 0 atom stereocenters. The number of rotatable bonds is 3. The number of aromatic nitrogens is 2. The number of carbonyl (C=O) groups excluding carboxylic acids is 1. The Morgan fingerprint density at radius 3 is 2.39 bits per heavy atom. The molecule has 0 fully saturated rings. The average Bonchev–Trinajstić information content (AvgIpc) is 2.80. The average molecular weight is 460 g/mol. The molecule has 1 aliphatic heterocycles. The smallest absolute Gasteiger partial charge is 0.475 e. The second-order valence-electron chi connectivity index (χ2n) is 6.93. The Morgan fingerprint density at radius 1 is 1.03 bits per heavy atom. The molecule has 172 valence electrons. The number of carboxylic acid groups (broad SMARTS) is 1. The van der Waals surface area contributed by atoms with E-state index in [1.807, 2.05) is 30.3 Å². The first kappa shape index (κ1) is 23.7. The third kappa shape index (κ3) is 6.04. The monoisotopic (exact) mass is 460 g/mol. The Bertz CT molecular complexity index is 1210. The van der Waals surface area contributed by atoms with Gasteiger partial charge in [-0.2, -0.15) is 23.0 Å². The number of nitrogens with zero attached hydrogens (tertiary/aromatic N) is 2. The third-order valence-corrected chi connectivity index (χ3v) is 4.67. The van der Waals surface area contributed by atoms with Crippen molar-refractivity contribution in [1.82, 2.24) is 15.1 Å². The molecule has 2 aromatic carbocycles. The lowest BCUT2D eigenvalue weighted by molar-refractivity contribution is -0.192. The second-order valence-corrected chi connectivity index (χ2v) is 6.93. The van der Waals surface area contributed by atoms with Gasteiger partial charge in [-0.05, 0) is 48.4 Å². The Labute approximate surface area is 185 Å². The van der Waals surface area contributed by atoms with Crippen LogP contribution in [-0.2, 0) is 17.8 Å². The number of benzene rings is 2. The fourth-order valence-corrected chi connectivity index (χ4v) is 3.10. The number of amides is 1. The van der Waals surface area contributed by atoms with Crippen LogP contribution < -0.4 is 16.2 Å². The highest BCUT2D eigenvalue weighted by molar-refractivity contribution is 6.03. The van der Waals surface area contributed by atoms with Gasteiger partial charge in [0.1, 0.15) is 5.69 Å². The standard InChI is InChI=1S/C20H18N4O2.C2HF3O2/c25-19-10-9-18(23-24(19)15-6-2-1-3-7-15)20(26)22-17-8-4-5-14-11-12-21-13-16(14)17;3-2(4,5)1(6)7/h1-10,21H,11-13H2,(H,22,26);(H,6,7). The van der Waals surface area contributed by atoms with E-state index >= 15 is 0 Å². The van der Waals surface area contributed by atoms with Crippen molar-refractivity contribution >= 4 is 17.6 Å². The van der Waals surface area contributed by atoms with E-state index in [4.69, 9.17) is 9.90 Å². The van der Waals surface area contributed by atoms with Gasteiger partial charge in [-0.15, -0.1) is 0 Å². The van der Waals surface area contributed by atoms with Crippen LogP contribution in [0.5, 0.6) is 0 Å².